The van der Waals surface area contributed by atoms with Gasteiger partial charge in [-0.25, -0.2) is 0 Å². The molecule has 10 aromatic carbocycles. The van der Waals surface area contributed by atoms with E-state index in [1.807, 2.05) is 0 Å². The molecule has 1 aliphatic rings. The Morgan fingerprint density at radius 3 is 1.41 bits per heavy atom. The molecule has 3 heterocycles. The Kier molecular flexibility index (Phi) is 6.56. The number of hydrogen-bond acceptors (Lipinski definition) is 0. The van der Waals surface area contributed by atoms with Crippen LogP contribution in [0.5, 0.6) is 0 Å². The summed E-state index contributed by atoms with van der Waals surface area (Å²) in [5, 5.41) is 10.2. The van der Waals surface area contributed by atoms with Gasteiger partial charge in [0.25, 0.3) is 0 Å². The highest BCUT2D eigenvalue weighted by atomic mass is 15.0. The summed E-state index contributed by atoms with van der Waals surface area (Å²) in [6.07, 6.45) is 0. The lowest BCUT2D eigenvalue weighted by atomic mass is 9.96. The summed E-state index contributed by atoms with van der Waals surface area (Å²) in [6, 6.07) is 78.5. The molecule has 3 aromatic heterocycles. The van der Waals surface area contributed by atoms with Gasteiger partial charge in [0.15, 0.2) is 0 Å². The maximum absolute atomic E-state index is 2.51. The molecule has 0 saturated carbocycles. The topological polar surface area (TPSA) is 14.8 Å². The Hall–Kier alpha value is -8.14. The van der Waals surface area contributed by atoms with E-state index in [1.165, 1.54) is 115 Å². The van der Waals surface area contributed by atoms with Crippen LogP contribution >= 0.6 is 0 Å². The van der Waals surface area contributed by atoms with E-state index in [0.717, 1.165) is 11.4 Å². The molecule has 3 nitrogen and oxygen atoms in total. The van der Waals surface area contributed by atoms with Crippen LogP contribution in [0, 0.1) is 0 Å². The molecule has 0 saturated heterocycles. The van der Waals surface area contributed by atoms with Crippen LogP contribution in [0.4, 0.5) is 0 Å². The zero-order valence-corrected chi connectivity index (χ0v) is 33.0. The summed E-state index contributed by atoms with van der Waals surface area (Å²) >= 11 is 0. The van der Waals surface area contributed by atoms with E-state index in [2.05, 4.69) is 226 Å². The third-order valence-corrected chi connectivity index (χ3v) is 13.3. The zero-order chi connectivity index (χ0) is 39.8. The number of hydrogen-bond donors (Lipinski definition) is 0. The van der Waals surface area contributed by atoms with Crippen LogP contribution in [0.25, 0.3) is 127 Å². The average Bonchev–Trinajstić information content (AvgIpc) is 4.05. The molecule has 3 heteroatoms. The van der Waals surface area contributed by atoms with Crippen LogP contribution in [0.3, 0.4) is 0 Å². The zero-order valence-electron chi connectivity index (χ0n) is 33.0. The third kappa shape index (κ3) is 4.47. The highest BCUT2D eigenvalue weighted by molar-refractivity contribution is 6.29. The van der Waals surface area contributed by atoms with E-state index < -0.39 is 0 Å². The molecule has 282 valence electrons. The van der Waals surface area contributed by atoms with Crippen LogP contribution in [0.15, 0.2) is 212 Å². The summed E-state index contributed by atoms with van der Waals surface area (Å²) in [5.74, 6) is 0. The predicted molar refractivity (Wildman–Crippen MR) is 257 cm³/mol. The van der Waals surface area contributed by atoms with E-state index in [9.17, 15) is 0 Å². The van der Waals surface area contributed by atoms with Crippen molar-refractivity contribution in [2.75, 3.05) is 0 Å². The summed E-state index contributed by atoms with van der Waals surface area (Å²) in [7, 11) is 0. The molecule has 0 fully saturated rings. The first kappa shape index (κ1) is 32.8. The number of rotatable bonds is 4. The van der Waals surface area contributed by atoms with Gasteiger partial charge < -0.3 is 13.7 Å². The van der Waals surface area contributed by atoms with Gasteiger partial charge in [-0.05, 0) is 123 Å². The SMILES string of the molecule is c1ccc(-n2c3ccccc3c3cc(-c4ccc5c(c4)c4c6cccc7c6c(cc4n5-c4ccc5c6ccccc6n(-c6ccccc6)c5c4)-c4ccccc4-7)ccc32)cc1. The van der Waals surface area contributed by atoms with Crippen molar-refractivity contribution >= 4 is 76.2 Å². The minimum absolute atomic E-state index is 1.14. The molecule has 0 unspecified atom stereocenters. The van der Waals surface area contributed by atoms with E-state index >= 15 is 0 Å². The summed E-state index contributed by atoms with van der Waals surface area (Å²) in [5.41, 5.74) is 18.3. The van der Waals surface area contributed by atoms with Crippen LogP contribution in [-0.4, -0.2) is 13.7 Å². The summed E-state index contributed by atoms with van der Waals surface area (Å²) < 4.78 is 7.32. The van der Waals surface area contributed by atoms with Crippen LogP contribution < -0.4 is 0 Å². The maximum Gasteiger partial charge on any atom is 0.0561 e. The van der Waals surface area contributed by atoms with E-state index in [0.29, 0.717) is 0 Å². The van der Waals surface area contributed by atoms with Crippen molar-refractivity contribution in [2.45, 2.75) is 0 Å². The Morgan fingerprint density at radius 2 is 0.705 bits per heavy atom. The van der Waals surface area contributed by atoms with E-state index in [4.69, 9.17) is 0 Å². The second-order valence-electron chi connectivity index (χ2n) is 16.5. The second kappa shape index (κ2) is 12.2. The molecule has 0 atom stereocenters. The minimum atomic E-state index is 1.14. The molecule has 13 aromatic rings. The third-order valence-electron chi connectivity index (χ3n) is 13.3. The maximum atomic E-state index is 2.51. The molecule has 0 radical (unpaired) electrons. The van der Waals surface area contributed by atoms with Crippen molar-refractivity contribution < 1.29 is 0 Å². The predicted octanol–water partition coefficient (Wildman–Crippen LogP) is 15.4. The van der Waals surface area contributed by atoms with Gasteiger partial charge in [0.1, 0.15) is 0 Å². The number of aromatic nitrogens is 3. The van der Waals surface area contributed by atoms with Gasteiger partial charge >= 0.3 is 0 Å². The van der Waals surface area contributed by atoms with Crippen molar-refractivity contribution in [3.8, 4) is 50.4 Å². The molecule has 0 amide bonds. The smallest absolute Gasteiger partial charge is 0.0561 e. The van der Waals surface area contributed by atoms with E-state index in [1.54, 1.807) is 0 Å². The van der Waals surface area contributed by atoms with Crippen molar-refractivity contribution in [1.82, 2.24) is 13.7 Å². The number of benzene rings is 10. The lowest BCUT2D eigenvalue weighted by molar-refractivity contribution is 1.15. The molecule has 0 bridgehead atoms. The molecule has 14 rings (SSSR count). The van der Waals surface area contributed by atoms with Crippen molar-refractivity contribution in [1.29, 1.82) is 0 Å². The molecule has 0 spiro atoms. The van der Waals surface area contributed by atoms with Crippen molar-refractivity contribution in [3.05, 3.63) is 212 Å². The largest absolute Gasteiger partial charge is 0.309 e. The quantitative estimate of drug-likeness (QED) is 0.169. The fourth-order valence-corrected chi connectivity index (χ4v) is 10.8. The van der Waals surface area contributed by atoms with Crippen LogP contribution in [-0.2, 0) is 0 Å². The number of nitrogens with zero attached hydrogens (tertiary/aromatic N) is 3. The normalized spacial score (nSPS) is 12.3. The van der Waals surface area contributed by atoms with Crippen LogP contribution in [0.1, 0.15) is 0 Å². The Labute approximate surface area is 351 Å². The Balaban J connectivity index is 1.06. The van der Waals surface area contributed by atoms with Gasteiger partial charge in [0.2, 0.25) is 0 Å². The van der Waals surface area contributed by atoms with Gasteiger partial charge in [-0.2, -0.15) is 0 Å². The number of para-hydroxylation sites is 4. The summed E-state index contributed by atoms with van der Waals surface area (Å²) in [4.78, 5) is 0. The van der Waals surface area contributed by atoms with Gasteiger partial charge in [-0.3, -0.25) is 0 Å². The average molecular weight is 774 g/mol. The summed E-state index contributed by atoms with van der Waals surface area (Å²) in [6.45, 7) is 0. The first-order chi connectivity index (χ1) is 30.3. The number of fused-ring (bicyclic) bond motifs is 13. The standard InChI is InChI=1S/C58H35N3/c1-3-14-38(15-4-1)59-52-25-12-10-21-44(52)48-32-36(26-30-53(48)59)37-27-31-54-50(33-37)58-47-23-13-22-46-41-18-7-8-19-42(41)49(57(46)47)35-56(58)61(54)40-28-29-45-43-20-9-11-24-51(43)60(55(45)34-40)39-16-5-2-6-17-39/h1-35H. The van der Waals surface area contributed by atoms with Crippen molar-refractivity contribution in [2.24, 2.45) is 0 Å². The fraction of sp³-hybridized carbons (Fsp3) is 0. The fourth-order valence-electron chi connectivity index (χ4n) is 10.8. The Morgan fingerprint density at radius 1 is 0.213 bits per heavy atom. The van der Waals surface area contributed by atoms with E-state index in [-0.39, 0.29) is 0 Å². The highest BCUT2D eigenvalue weighted by Gasteiger charge is 2.26. The van der Waals surface area contributed by atoms with Crippen LogP contribution in [0.2, 0.25) is 0 Å². The minimum Gasteiger partial charge on any atom is -0.309 e. The lowest BCUT2D eigenvalue weighted by Gasteiger charge is -2.12. The molecular weight excluding hydrogens is 739 g/mol. The molecular formula is C58H35N3. The first-order valence-electron chi connectivity index (χ1n) is 21.1. The van der Waals surface area contributed by atoms with Gasteiger partial charge in [-0.1, -0.05) is 133 Å². The molecule has 0 aliphatic heterocycles. The van der Waals surface area contributed by atoms with Crippen molar-refractivity contribution in [3.63, 3.8) is 0 Å². The van der Waals surface area contributed by atoms with Gasteiger partial charge in [-0.15, -0.1) is 0 Å². The monoisotopic (exact) mass is 773 g/mol. The van der Waals surface area contributed by atoms with Gasteiger partial charge in [0, 0.05) is 49.4 Å². The molecule has 0 N–H and O–H groups in total. The van der Waals surface area contributed by atoms with Gasteiger partial charge in [0.05, 0.1) is 33.1 Å². The second-order valence-corrected chi connectivity index (χ2v) is 16.5. The lowest BCUT2D eigenvalue weighted by Crippen LogP contribution is -1.97. The first-order valence-corrected chi connectivity index (χ1v) is 21.1. The molecule has 1 aliphatic carbocycles. The molecule has 61 heavy (non-hydrogen) atoms. The highest BCUT2D eigenvalue weighted by Crippen LogP contribution is 2.51. The Bertz CT molecular complexity index is 3970.